The first-order valence-corrected chi connectivity index (χ1v) is 7.93. The van der Waals surface area contributed by atoms with Gasteiger partial charge in [0.25, 0.3) is 5.91 Å². The topological polar surface area (TPSA) is 69.0 Å². The summed E-state index contributed by atoms with van der Waals surface area (Å²) in [7, 11) is 1.61. The van der Waals surface area contributed by atoms with Crippen molar-refractivity contribution in [3.63, 3.8) is 0 Å². The summed E-state index contributed by atoms with van der Waals surface area (Å²) in [6.45, 7) is 1.05. The number of amides is 1. The van der Waals surface area contributed by atoms with E-state index in [1.165, 1.54) is 11.3 Å². The molecule has 1 N–H and O–H groups in total. The van der Waals surface area contributed by atoms with Gasteiger partial charge in [0.1, 0.15) is 5.69 Å². The number of carbonyl (C=O) groups is 1. The van der Waals surface area contributed by atoms with Crippen LogP contribution in [0.3, 0.4) is 0 Å². The Morgan fingerprint density at radius 3 is 2.96 bits per heavy atom. The Kier molecular flexibility index (Phi) is 4.80. The lowest BCUT2D eigenvalue weighted by Gasteiger charge is -2.08. The van der Waals surface area contributed by atoms with Crippen molar-refractivity contribution in [2.45, 2.75) is 13.2 Å². The van der Waals surface area contributed by atoms with Crippen LogP contribution in [0.2, 0.25) is 0 Å². The highest BCUT2D eigenvalue weighted by atomic mass is 32.1. The number of anilines is 1. The highest BCUT2D eigenvalue weighted by Crippen LogP contribution is 2.17. The summed E-state index contributed by atoms with van der Waals surface area (Å²) >= 11 is 1.38. The monoisotopic (exact) mass is 328 g/mol. The number of rotatable bonds is 6. The summed E-state index contributed by atoms with van der Waals surface area (Å²) in [5.74, 6) is -0.178. The minimum atomic E-state index is -0.178. The summed E-state index contributed by atoms with van der Waals surface area (Å²) in [6, 6.07) is 7.51. The van der Waals surface area contributed by atoms with Crippen LogP contribution < -0.4 is 5.32 Å². The molecule has 0 bridgehead atoms. The van der Waals surface area contributed by atoms with Gasteiger partial charge in [-0.3, -0.25) is 15.1 Å². The molecule has 0 aliphatic heterocycles. The van der Waals surface area contributed by atoms with E-state index in [4.69, 9.17) is 4.74 Å². The van der Waals surface area contributed by atoms with Crippen LogP contribution in [0, 0.1) is 0 Å². The first-order chi connectivity index (χ1) is 11.3. The molecule has 0 unspecified atom stereocenters. The Labute approximate surface area is 137 Å². The summed E-state index contributed by atoms with van der Waals surface area (Å²) in [6.07, 6.45) is 5.37. The van der Waals surface area contributed by atoms with Crippen molar-refractivity contribution in [3.05, 3.63) is 65.2 Å². The van der Waals surface area contributed by atoms with Gasteiger partial charge in [0.05, 0.1) is 12.3 Å². The molecule has 118 valence electrons. The Balaban J connectivity index is 1.71. The van der Waals surface area contributed by atoms with Crippen LogP contribution in [-0.2, 0) is 17.9 Å². The third kappa shape index (κ3) is 3.82. The van der Waals surface area contributed by atoms with E-state index >= 15 is 0 Å². The SMILES string of the molecule is COCc1csc(NC(=O)c2cccn2Cc2ccncc2)n1. The average molecular weight is 328 g/mol. The predicted octanol–water partition coefficient (Wildman–Crippen LogP) is 2.79. The maximum atomic E-state index is 12.4. The molecule has 0 saturated carbocycles. The smallest absolute Gasteiger partial charge is 0.274 e. The van der Waals surface area contributed by atoms with Gasteiger partial charge in [-0.1, -0.05) is 0 Å². The van der Waals surface area contributed by atoms with E-state index in [1.807, 2.05) is 34.3 Å². The van der Waals surface area contributed by atoms with Crippen molar-refractivity contribution >= 4 is 22.4 Å². The molecule has 6 nitrogen and oxygen atoms in total. The molecule has 0 aliphatic rings. The van der Waals surface area contributed by atoms with Gasteiger partial charge in [-0.05, 0) is 29.8 Å². The van der Waals surface area contributed by atoms with E-state index in [9.17, 15) is 4.79 Å². The molecule has 3 rings (SSSR count). The number of aromatic nitrogens is 3. The first kappa shape index (κ1) is 15.4. The number of carbonyl (C=O) groups excluding carboxylic acids is 1. The van der Waals surface area contributed by atoms with Crippen LogP contribution in [0.15, 0.2) is 48.2 Å². The lowest BCUT2D eigenvalue weighted by Crippen LogP contribution is -2.17. The summed E-state index contributed by atoms with van der Waals surface area (Å²) in [5, 5.41) is 5.27. The van der Waals surface area contributed by atoms with E-state index in [2.05, 4.69) is 15.3 Å². The molecule has 3 aromatic heterocycles. The second-order valence-electron chi connectivity index (χ2n) is 4.91. The van der Waals surface area contributed by atoms with Crippen LogP contribution in [0.1, 0.15) is 21.7 Å². The van der Waals surface area contributed by atoms with E-state index in [-0.39, 0.29) is 5.91 Å². The van der Waals surface area contributed by atoms with Gasteiger partial charge in [0, 0.05) is 37.6 Å². The van der Waals surface area contributed by atoms with Gasteiger partial charge in [0.2, 0.25) is 0 Å². The molecule has 7 heteroatoms. The molecule has 0 atom stereocenters. The van der Waals surface area contributed by atoms with Gasteiger partial charge < -0.3 is 9.30 Å². The number of thiazole rings is 1. The molecular formula is C16H16N4O2S. The van der Waals surface area contributed by atoms with E-state index < -0.39 is 0 Å². The maximum Gasteiger partial charge on any atom is 0.274 e. The third-order valence-corrected chi connectivity index (χ3v) is 4.04. The number of hydrogen-bond donors (Lipinski definition) is 1. The van der Waals surface area contributed by atoms with Crippen LogP contribution in [0.5, 0.6) is 0 Å². The fourth-order valence-corrected chi connectivity index (χ4v) is 2.87. The minimum Gasteiger partial charge on any atom is -0.378 e. The van der Waals surface area contributed by atoms with Crippen LogP contribution in [0.4, 0.5) is 5.13 Å². The molecule has 0 fully saturated rings. The lowest BCUT2D eigenvalue weighted by atomic mass is 10.2. The summed E-state index contributed by atoms with van der Waals surface area (Å²) in [5.41, 5.74) is 2.48. The molecule has 0 aliphatic carbocycles. The Hall–Kier alpha value is -2.51. The molecule has 0 saturated heterocycles. The highest BCUT2D eigenvalue weighted by molar-refractivity contribution is 7.13. The van der Waals surface area contributed by atoms with Gasteiger partial charge in [0.15, 0.2) is 5.13 Å². The number of methoxy groups -OCH3 is 1. The number of pyridine rings is 1. The Morgan fingerprint density at radius 2 is 2.17 bits per heavy atom. The molecule has 3 heterocycles. The van der Waals surface area contributed by atoms with Crippen LogP contribution >= 0.6 is 11.3 Å². The summed E-state index contributed by atoms with van der Waals surface area (Å²) < 4.78 is 6.92. The first-order valence-electron chi connectivity index (χ1n) is 7.05. The normalized spacial score (nSPS) is 10.7. The molecule has 0 spiro atoms. The minimum absolute atomic E-state index is 0.178. The van der Waals surface area contributed by atoms with Crippen LogP contribution in [0.25, 0.3) is 0 Å². The van der Waals surface area contributed by atoms with E-state index in [0.717, 1.165) is 11.3 Å². The van der Waals surface area contributed by atoms with Gasteiger partial charge in [-0.15, -0.1) is 11.3 Å². The summed E-state index contributed by atoms with van der Waals surface area (Å²) in [4.78, 5) is 20.8. The molecule has 0 aromatic carbocycles. The fourth-order valence-electron chi connectivity index (χ4n) is 2.18. The zero-order valence-corrected chi connectivity index (χ0v) is 13.4. The second-order valence-corrected chi connectivity index (χ2v) is 5.77. The highest BCUT2D eigenvalue weighted by Gasteiger charge is 2.13. The van der Waals surface area contributed by atoms with Gasteiger partial charge in [-0.2, -0.15) is 0 Å². The number of nitrogens with zero attached hydrogens (tertiary/aromatic N) is 3. The number of ether oxygens (including phenoxy) is 1. The number of nitrogens with one attached hydrogen (secondary N) is 1. The third-order valence-electron chi connectivity index (χ3n) is 3.23. The quantitative estimate of drug-likeness (QED) is 0.755. The van der Waals surface area contributed by atoms with Crippen molar-refractivity contribution in [2.24, 2.45) is 0 Å². The van der Waals surface area contributed by atoms with Crippen molar-refractivity contribution in [2.75, 3.05) is 12.4 Å². The molecule has 23 heavy (non-hydrogen) atoms. The van der Waals surface area contributed by atoms with Crippen molar-refractivity contribution in [1.29, 1.82) is 0 Å². The molecule has 0 radical (unpaired) electrons. The Bertz CT molecular complexity index is 782. The van der Waals surface area contributed by atoms with Crippen molar-refractivity contribution < 1.29 is 9.53 Å². The lowest BCUT2D eigenvalue weighted by molar-refractivity contribution is 0.101. The standard InChI is InChI=1S/C16H16N4O2S/c1-22-10-13-11-23-16(18-13)19-15(21)14-3-2-8-20(14)9-12-4-6-17-7-5-12/h2-8,11H,9-10H2,1H3,(H,18,19,21). The van der Waals surface area contributed by atoms with E-state index in [0.29, 0.717) is 24.0 Å². The predicted molar refractivity (Wildman–Crippen MR) is 88.6 cm³/mol. The second kappa shape index (κ2) is 7.17. The van der Waals surface area contributed by atoms with Crippen molar-refractivity contribution in [3.8, 4) is 0 Å². The van der Waals surface area contributed by atoms with Gasteiger partial charge in [-0.25, -0.2) is 4.98 Å². The zero-order chi connectivity index (χ0) is 16.1. The molecule has 3 aromatic rings. The van der Waals surface area contributed by atoms with E-state index in [1.54, 1.807) is 25.6 Å². The number of hydrogen-bond acceptors (Lipinski definition) is 5. The largest absolute Gasteiger partial charge is 0.378 e. The fraction of sp³-hybridized carbons (Fsp3) is 0.188. The maximum absolute atomic E-state index is 12.4. The molecular weight excluding hydrogens is 312 g/mol. The Morgan fingerprint density at radius 1 is 1.35 bits per heavy atom. The average Bonchev–Trinajstić information content (AvgIpc) is 3.18. The van der Waals surface area contributed by atoms with Crippen molar-refractivity contribution in [1.82, 2.24) is 14.5 Å². The molecule has 1 amide bonds. The zero-order valence-electron chi connectivity index (χ0n) is 12.6. The van der Waals surface area contributed by atoms with Gasteiger partial charge >= 0.3 is 0 Å². The van der Waals surface area contributed by atoms with Crippen LogP contribution in [-0.4, -0.2) is 27.6 Å².